The lowest BCUT2D eigenvalue weighted by Gasteiger charge is -2.03. The molecule has 0 saturated carbocycles. The minimum absolute atomic E-state index is 0.340. The van der Waals surface area contributed by atoms with Crippen molar-refractivity contribution < 1.29 is 14.3 Å². The van der Waals surface area contributed by atoms with E-state index in [2.05, 4.69) is 0 Å². The summed E-state index contributed by atoms with van der Waals surface area (Å²) in [5, 5.41) is 0. The number of carbonyl (C=O) groups excluding carboxylic acids is 1. The monoisotopic (exact) mass is 192 g/mol. The number of allylic oxidation sites excluding steroid dienone is 1. The molecule has 3 heteroatoms. The molecule has 14 heavy (non-hydrogen) atoms. The normalized spacial score (nSPS) is 10.1. The third kappa shape index (κ3) is 3.31. The van der Waals surface area contributed by atoms with Crippen LogP contribution < -0.4 is 9.47 Å². The molecule has 74 valence electrons. The van der Waals surface area contributed by atoms with E-state index in [1.165, 1.54) is 6.92 Å². The summed E-state index contributed by atoms with van der Waals surface area (Å²) in [6.07, 6.45) is 3.34. The molecule has 0 heterocycles. The van der Waals surface area contributed by atoms with Crippen molar-refractivity contribution in [3.05, 3.63) is 36.6 Å². The van der Waals surface area contributed by atoms with Crippen LogP contribution in [0.5, 0.6) is 11.5 Å². The summed E-state index contributed by atoms with van der Waals surface area (Å²) in [5.41, 5.74) is 0. The molecule has 0 radical (unpaired) electrons. The lowest BCUT2D eigenvalue weighted by molar-refractivity contribution is -0.131. The average Bonchev–Trinajstić information content (AvgIpc) is 2.14. The number of rotatable bonds is 3. The molecule has 0 spiro atoms. The molecule has 0 fully saturated rings. The summed E-state index contributed by atoms with van der Waals surface area (Å²) < 4.78 is 10.1. The Morgan fingerprint density at radius 2 is 2.07 bits per heavy atom. The van der Waals surface area contributed by atoms with Crippen LogP contribution in [-0.2, 0) is 4.79 Å². The van der Waals surface area contributed by atoms with Gasteiger partial charge in [-0.2, -0.15) is 0 Å². The van der Waals surface area contributed by atoms with Crippen molar-refractivity contribution in [2.75, 3.05) is 0 Å². The highest BCUT2D eigenvalue weighted by Crippen LogP contribution is 2.19. The van der Waals surface area contributed by atoms with Gasteiger partial charge in [-0.1, -0.05) is 12.1 Å². The Kier molecular flexibility index (Phi) is 3.73. The van der Waals surface area contributed by atoms with Crippen molar-refractivity contribution in [2.45, 2.75) is 13.8 Å². The number of ether oxygens (including phenoxy) is 2. The number of hydrogen-bond donors (Lipinski definition) is 0. The fourth-order valence-corrected chi connectivity index (χ4v) is 0.924. The van der Waals surface area contributed by atoms with Crippen molar-refractivity contribution in [2.24, 2.45) is 0 Å². The maximum atomic E-state index is 10.7. The minimum Gasteiger partial charge on any atom is -0.465 e. The topological polar surface area (TPSA) is 35.5 Å². The molecule has 0 saturated heterocycles. The molecule has 1 aromatic carbocycles. The van der Waals surface area contributed by atoms with Crippen molar-refractivity contribution in [3.8, 4) is 11.5 Å². The first-order chi connectivity index (χ1) is 6.72. The minimum atomic E-state index is -0.340. The molecule has 3 nitrogen and oxygen atoms in total. The summed E-state index contributed by atoms with van der Waals surface area (Å²) in [6.45, 7) is 3.22. The molecular formula is C11H12O3. The maximum Gasteiger partial charge on any atom is 0.308 e. The standard InChI is InChI=1S/C11H12O3/c1-3-7-13-10-5-4-6-11(8-10)14-9(2)12/h3-8H,1-2H3. The number of esters is 1. The van der Waals surface area contributed by atoms with Crippen LogP contribution in [0, 0.1) is 0 Å². The fourth-order valence-electron chi connectivity index (χ4n) is 0.924. The van der Waals surface area contributed by atoms with Crippen LogP contribution in [-0.4, -0.2) is 5.97 Å². The Morgan fingerprint density at radius 3 is 2.71 bits per heavy atom. The lowest BCUT2D eigenvalue weighted by Crippen LogP contribution is -2.01. The summed E-state index contributed by atoms with van der Waals surface area (Å²) in [4.78, 5) is 10.7. The summed E-state index contributed by atoms with van der Waals surface area (Å²) >= 11 is 0. The lowest BCUT2D eigenvalue weighted by atomic mass is 10.3. The molecule has 0 aromatic heterocycles. The van der Waals surface area contributed by atoms with Crippen LogP contribution in [0.1, 0.15) is 13.8 Å². The second-order valence-electron chi connectivity index (χ2n) is 2.66. The number of benzene rings is 1. The Labute approximate surface area is 83.0 Å². The van der Waals surface area contributed by atoms with Gasteiger partial charge in [0.2, 0.25) is 0 Å². The zero-order chi connectivity index (χ0) is 10.4. The van der Waals surface area contributed by atoms with E-state index >= 15 is 0 Å². The van der Waals surface area contributed by atoms with E-state index in [-0.39, 0.29) is 5.97 Å². The number of hydrogen-bond acceptors (Lipinski definition) is 3. The highest BCUT2D eigenvalue weighted by atomic mass is 16.5. The predicted octanol–water partition coefficient (Wildman–Crippen LogP) is 2.52. The van der Waals surface area contributed by atoms with Crippen LogP contribution in [0.15, 0.2) is 36.6 Å². The van der Waals surface area contributed by atoms with Gasteiger partial charge in [-0.3, -0.25) is 4.79 Å². The fraction of sp³-hybridized carbons (Fsp3) is 0.182. The Morgan fingerprint density at radius 1 is 1.36 bits per heavy atom. The Bertz CT molecular complexity index is 342. The third-order valence-corrected chi connectivity index (χ3v) is 1.41. The van der Waals surface area contributed by atoms with E-state index in [4.69, 9.17) is 9.47 Å². The molecule has 0 amide bonds. The van der Waals surface area contributed by atoms with Gasteiger partial charge in [0.1, 0.15) is 11.5 Å². The van der Waals surface area contributed by atoms with Gasteiger partial charge in [0.05, 0.1) is 6.26 Å². The van der Waals surface area contributed by atoms with Crippen molar-refractivity contribution >= 4 is 5.97 Å². The highest BCUT2D eigenvalue weighted by molar-refractivity contribution is 5.69. The van der Waals surface area contributed by atoms with Crippen LogP contribution in [0.2, 0.25) is 0 Å². The van der Waals surface area contributed by atoms with Crippen molar-refractivity contribution in [3.63, 3.8) is 0 Å². The van der Waals surface area contributed by atoms with E-state index in [9.17, 15) is 4.79 Å². The molecule has 1 aromatic rings. The molecule has 0 unspecified atom stereocenters. The van der Waals surface area contributed by atoms with E-state index in [0.717, 1.165) is 0 Å². The molecule has 0 bridgehead atoms. The molecule has 0 aliphatic rings. The van der Waals surface area contributed by atoms with Gasteiger partial charge in [0, 0.05) is 13.0 Å². The van der Waals surface area contributed by atoms with Gasteiger partial charge < -0.3 is 9.47 Å². The molecule has 0 atom stereocenters. The second-order valence-corrected chi connectivity index (χ2v) is 2.66. The molecule has 1 rings (SSSR count). The zero-order valence-corrected chi connectivity index (χ0v) is 8.19. The summed E-state index contributed by atoms with van der Waals surface area (Å²) in [7, 11) is 0. The Hall–Kier alpha value is -1.77. The van der Waals surface area contributed by atoms with Crippen LogP contribution >= 0.6 is 0 Å². The summed E-state index contributed by atoms with van der Waals surface area (Å²) in [6, 6.07) is 6.90. The van der Waals surface area contributed by atoms with Gasteiger partial charge in [-0.15, -0.1) is 0 Å². The van der Waals surface area contributed by atoms with Crippen molar-refractivity contribution in [1.82, 2.24) is 0 Å². The highest BCUT2D eigenvalue weighted by Gasteiger charge is 1.99. The van der Waals surface area contributed by atoms with E-state index in [1.54, 1.807) is 36.6 Å². The predicted molar refractivity (Wildman–Crippen MR) is 53.2 cm³/mol. The van der Waals surface area contributed by atoms with Gasteiger partial charge in [-0.05, 0) is 19.1 Å². The van der Waals surface area contributed by atoms with E-state index in [0.29, 0.717) is 11.5 Å². The van der Waals surface area contributed by atoms with E-state index < -0.39 is 0 Å². The third-order valence-electron chi connectivity index (χ3n) is 1.41. The largest absolute Gasteiger partial charge is 0.465 e. The SMILES string of the molecule is CC=COc1cccc(OC(C)=O)c1. The summed E-state index contributed by atoms with van der Waals surface area (Å²) in [5.74, 6) is 0.787. The van der Waals surface area contributed by atoms with Crippen LogP contribution in [0.25, 0.3) is 0 Å². The maximum absolute atomic E-state index is 10.7. The smallest absolute Gasteiger partial charge is 0.308 e. The first-order valence-corrected chi connectivity index (χ1v) is 4.28. The van der Waals surface area contributed by atoms with E-state index in [1.807, 2.05) is 6.92 Å². The zero-order valence-electron chi connectivity index (χ0n) is 8.19. The van der Waals surface area contributed by atoms with Crippen LogP contribution in [0.3, 0.4) is 0 Å². The first kappa shape index (κ1) is 10.3. The van der Waals surface area contributed by atoms with Crippen molar-refractivity contribution in [1.29, 1.82) is 0 Å². The van der Waals surface area contributed by atoms with Crippen LogP contribution in [0.4, 0.5) is 0 Å². The quantitative estimate of drug-likeness (QED) is 0.419. The van der Waals surface area contributed by atoms with Gasteiger partial charge in [0.15, 0.2) is 0 Å². The first-order valence-electron chi connectivity index (χ1n) is 4.28. The number of carbonyl (C=O) groups is 1. The van der Waals surface area contributed by atoms with Gasteiger partial charge in [0.25, 0.3) is 0 Å². The molecular weight excluding hydrogens is 180 g/mol. The molecule has 0 aliphatic carbocycles. The van der Waals surface area contributed by atoms with Gasteiger partial charge in [-0.25, -0.2) is 0 Å². The average molecular weight is 192 g/mol. The van der Waals surface area contributed by atoms with Gasteiger partial charge >= 0.3 is 5.97 Å². The Balaban J connectivity index is 2.73. The molecule has 0 N–H and O–H groups in total. The molecule has 0 aliphatic heterocycles. The second kappa shape index (κ2) is 5.07.